The first kappa shape index (κ1) is 14.0. The van der Waals surface area contributed by atoms with Gasteiger partial charge < -0.3 is 4.74 Å². The van der Waals surface area contributed by atoms with Gasteiger partial charge in [-0.1, -0.05) is 12.8 Å². The Morgan fingerprint density at radius 1 is 1.61 bits per heavy atom. The minimum atomic E-state index is -0.315. The molecule has 0 saturated heterocycles. The van der Waals surface area contributed by atoms with Crippen LogP contribution in [-0.2, 0) is 9.53 Å². The summed E-state index contributed by atoms with van der Waals surface area (Å²) in [6.07, 6.45) is 4.81. The Labute approximate surface area is 120 Å². The van der Waals surface area contributed by atoms with Gasteiger partial charge in [-0.2, -0.15) is 0 Å². The summed E-state index contributed by atoms with van der Waals surface area (Å²) in [5, 5.41) is 5.44. The van der Waals surface area contributed by atoms with Crippen molar-refractivity contribution in [2.24, 2.45) is 0 Å². The molecule has 0 radical (unpaired) electrons. The number of carbonyl (C=O) groups is 1. The molecule has 0 aromatic carbocycles. The zero-order valence-electron chi connectivity index (χ0n) is 10.4. The summed E-state index contributed by atoms with van der Waals surface area (Å²) in [5.74, 6) is -0.168. The van der Waals surface area contributed by atoms with Crippen molar-refractivity contribution in [3.63, 3.8) is 0 Å². The number of nitrogens with one attached hydrogen (secondary N) is 1. The molecule has 1 aliphatic rings. The standard InChI is InChI=1S/C13H18BrNO2S/c1-2-17-13(16)12(11-7-9(14)8-18-11)15-10-5-3-4-6-10/h7-8,10,12,15H,2-6H2,1H3. The van der Waals surface area contributed by atoms with Crippen molar-refractivity contribution in [3.8, 4) is 0 Å². The maximum atomic E-state index is 12.0. The lowest BCUT2D eigenvalue weighted by Crippen LogP contribution is -2.36. The molecule has 0 amide bonds. The van der Waals surface area contributed by atoms with Crippen LogP contribution in [0, 0.1) is 0 Å². The normalized spacial score (nSPS) is 17.9. The van der Waals surface area contributed by atoms with Crippen LogP contribution >= 0.6 is 27.3 Å². The molecule has 5 heteroatoms. The van der Waals surface area contributed by atoms with E-state index < -0.39 is 0 Å². The molecule has 3 nitrogen and oxygen atoms in total. The number of hydrogen-bond acceptors (Lipinski definition) is 4. The Morgan fingerprint density at radius 2 is 2.33 bits per heavy atom. The molecule has 1 atom stereocenters. The van der Waals surface area contributed by atoms with Crippen LogP contribution in [0.1, 0.15) is 43.5 Å². The van der Waals surface area contributed by atoms with Crippen LogP contribution < -0.4 is 5.32 Å². The van der Waals surface area contributed by atoms with E-state index in [0.717, 1.165) is 22.2 Å². The highest BCUT2D eigenvalue weighted by molar-refractivity contribution is 9.10. The van der Waals surface area contributed by atoms with E-state index in [1.807, 2.05) is 18.4 Å². The van der Waals surface area contributed by atoms with Gasteiger partial charge in [0.25, 0.3) is 0 Å². The van der Waals surface area contributed by atoms with Crippen LogP contribution in [0.5, 0.6) is 0 Å². The Hall–Kier alpha value is -0.390. The fourth-order valence-electron chi connectivity index (χ4n) is 2.30. The van der Waals surface area contributed by atoms with Gasteiger partial charge in [0.1, 0.15) is 6.04 Å². The molecule has 0 bridgehead atoms. The summed E-state index contributed by atoms with van der Waals surface area (Å²) in [7, 11) is 0. The van der Waals surface area contributed by atoms with Gasteiger partial charge in [-0.05, 0) is 41.8 Å². The quantitative estimate of drug-likeness (QED) is 0.837. The highest BCUT2D eigenvalue weighted by Crippen LogP contribution is 2.29. The van der Waals surface area contributed by atoms with Gasteiger partial charge >= 0.3 is 5.97 Å². The summed E-state index contributed by atoms with van der Waals surface area (Å²) < 4.78 is 6.19. The highest BCUT2D eigenvalue weighted by Gasteiger charge is 2.27. The highest BCUT2D eigenvalue weighted by atomic mass is 79.9. The van der Waals surface area contributed by atoms with Crippen LogP contribution in [-0.4, -0.2) is 18.6 Å². The average Bonchev–Trinajstić information content (AvgIpc) is 2.97. The summed E-state index contributed by atoms with van der Waals surface area (Å²) in [5.41, 5.74) is 0. The first-order valence-electron chi connectivity index (χ1n) is 6.37. The summed E-state index contributed by atoms with van der Waals surface area (Å²) in [4.78, 5) is 13.1. The number of thiophene rings is 1. The van der Waals surface area contributed by atoms with Crippen molar-refractivity contribution in [2.45, 2.75) is 44.7 Å². The molecule has 18 heavy (non-hydrogen) atoms. The average molecular weight is 332 g/mol. The molecule has 0 aliphatic heterocycles. The predicted molar refractivity (Wildman–Crippen MR) is 76.8 cm³/mol. The van der Waals surface area contributed by atoms with Gasteiger partial charge in [0.05, 0.1) is 6.61 Å². The van der Waals surface area contributed by atoms with E-state index in [1.165, 1.54) is 12.8 Å². The molecule has 2 rings (SSSR count). The molecule has 1 heterocycles. The van der Waals surface area contributed by atoms with Crippen LogP contribution in [0.25, 0.3) is 0 Å². The lowest BCUT2D eigenvalue weighted by Gasteiger charge is -2.20. The second-order valence-corrected chi connectivity index (χ2v) is 6.36. The topological polar surface area (TPSA) is 38.3 Å². The van der Waals surface area contributed by atoms with Crippen molar-refractivity contribution < 1.29 is 9.53 Å². The molecule has 1 fully saturated rings. The Kier molecular flexibility index (Phi) is 5.21. The second kappa shape index (κ2) is 6.68. The lowest BCUT2D eigenvalue weighted by molar-refractivity contribution is -0.146. The first-order chi connectivity index (χ1) is 8.70. The zero-order valence-corrected chi connectivity index (χ0v) is 12.9. The maximum absolute atomic E-state index is 12.0. The molecule has 1 unspecified atom stereocenters. The summed E-state index contributed by atoms with van der Waals surface area (Å²) in [6, 6.07) is 2.12. The van der Waals surface area contributed by atoms with Crippen molar-refractivity contribution in [1.82, 2.24) is 5.32 Å². The van der Waals surface area contributed by atoms with Crippen molar-refractivity contribution in [1.29, 1.82) is 0 Å². The first-order valence-corrected chi connectivity index (χ1v) is 8.04. The molecular formula is C13H18BrNO2S. The van der Waals surface area contributed by atoms with Gasteiger partial charge in [0, 0.05) is 20.8 Å². The predicted octanol–water partition coefficient (Wildman–Crippen LogP) is 3.65. The third-order valence-corrected chi connectivity index (χ3v) is 4.91. The SMILES string of the molecule is CCOC(=O)C(NC1CCCC1)c1cc(Br)cs1. The lowest BCUT2D eigenvalue weighted by atomic mass is 10.1. The van der Waals surface area contributed by atoms with E-state index in [4.69, 9.17) is 4.74 Å². The monoisotopic (exact) mass is 331 g/mol. The van der Waals surface area contributed by atoms with E-state index in [0.29, 0.717) is 12.6 Å². The molecule has 1 aliphatic carbocycles. The molecule has 1 saturated carbocycles. The minimum absolute atomic E-state index is 0.168. The Balaban J connectivity index is 2.08. The van der Waals surface area contributed by atoms with Crippen LogP contribution in [0.2, 0.25) is 0 Å². The van der Waals surface area contributed by atoms with Crippen LogP contribution in [0.3, 0.4) is 0 Å². The number of ether oxygens (including phenoxy) is 1. The van der Waals surface area contributed by atoms with Gasteiger partial charge in [0.2, 0.25) is 0 Å². The van der Waals surface area contributed by atoms with Gasteiger partial charge in [0.15, 0.2) is 0 Å². The second-order valence-electron chi connectivity index (χ2n) is 4.50. The van der Waals surface area contributed by atoms with E-state index >= 15 is 0 Å². The van der Waals surface area contributed by atoms with Crippen molar-refractivity contribution in [3.05, 3.63) is 20.8 Å². The molecule has 1 aromatic rings. The van der Waals surface area contributed by atoms with E-state index in [-0.39, 0.29) is 12.0 Å². The molecule has 0 spiro atoms. The van der Waals surface area contributed by atoms with Gasteiger partial charge in [-0.25, -0.2) is 4.79 Å². The van der Waals surface area contributed by atoms with E-state index in [9.17, 15) is 4.79 Å². The molecule has 1 aromatic heterocycles. The van der Waals surface area contributed by atoms with Gasteiger partial charge in [-0.15, -0.1) is 11.3 Å². The molecule has 1 N–H and O–H groups in total. The van der Waals surface area contributed by atoms with Crippen molar-refractivity contribution in [2.75, 3.05) is 6.61 Å². The summed E-state index contributed by atoms with van der Waals surface area (Å²) in [6.45, 7) is 2.27. The Bertz CT molecular complexity index is 401. The van der Waals surface area contributed by atoms with E-state index in [1.54, 1.807) is 11.3 Å². The maximum Gasteiger partial charge on any atom is 0.328 e. The largest absolute Gasteiger partial charge is 0.465 e. The third-order valence-electron chi connectivity index (χ3n) is 3.15. The number of hydrogen-bond donors (Lipinski definition) is 1. The fourth-order valence-corrected chi connectivity index (χ4v) is 3.79. The third kappa shape index (κ3) is 3.56. The number of esters is 1. The van der Waals surface area contributed by atoms with E-state index in [2.05, 4.69) is 21.2 Å². The zero-order chi connectivity index (χ0) is 13.0. The fraction of sp³-hybridized carbons (Fsp3) is 0.615. The molecular weight excluding hydrogens is 314 g/mol. The van der Waals surface area contributed by atoms with Crippen LogP contribution in [0.4, 0.5) is 0 Å². The Morgan fingerprint density at radius 3 is 2.89 bits per heavy atom. The van der Waals surface area contributed by atoms with Crippen LogP contribution in [0.15, 0.2) is 15.9 Å². The minimum Gasteiger partial charge on any atom is -0.465 e. The molecule has 100 valence electrons. The number of carbonyl (C=O) groups excluding carboxylic acids is 1. The number of rotatable bonds is 5. The number of halogens is 1. The smallest absolute Gasteiger partial charge is 0.328 e. The summed E-state index contributed by atoms with van der Waals surface area (Å²) >= 11 is 5.02. The van der Waals surface area contributed by atoms with Gasteiger partial charge in [-0.3, -0.25) is 5.32 Å². The van der Waals surface area contributed by atoms with Crippen molar-refractivity contribution >= 4 is 33.2 Å².